The molecule has 0 radical (unpaired) electrons. The van der Waals surface area contributed by atoms with Crippen LogP contribution in [0.2, 0.25) is 0 Å². The number of nitrogens with zero attached hydrogens (tertiary/aromatic N) is 4. The van der Waals surface area contributed by atoms with Crippen LogP contribution >= 0.6 is 0 Å². The normalized spacial score (nSPS) is 19.0. The van der Waals surface area contributed by atoms with Gasteiger partial charge in [0.15, 0.2) is 0 Å². The van der Waals surface area contributed by atoms with E-state index >= 15 is 0 Å². The Kier molecular flexibility index (Phi) is 4.80. The van der Waals surface area contributed by atoms with Crippen LogP contribution in [0, 0.1) is 0 Å². The van der Waals surface area contributed by atoms with Crippen molar-refractivity contribution >= 4 is 22.8 Å². The van der Waals surface area contributed by atoms with Gasteiger partial charge >= 0.3 is 6.18 Å². The second-order valence-corrected chi connectivity index (χ2v) is 6.04. The fourth-order valence-electron chi connectivity index (χ4n) is 3.00. The zero-order valence-electron chi connectivity index (χ0n) is 13.7. The number of aromatic amines is 1. The molecule has 1 aliphatic heterocycles. The highest BCUT2D eigenvalue weighted by Crippen LogP contribution is 2.25. The summed E-state index contributed by atoms with van der Waals surface area (Å²) in [7, 11) is 1.88. The topological polar surface area (TPSA) is 77.2 Å². The smallest absolute Gasteiger partial charge is 0.355 e. The lowest BCUT2D eigenvalue weighted by Gasteiger charge is -2.29. The van der Waals surface area contributed by atoms with E-state index in [4.69, 9.17) is 0 Å². The lowest BCUT2D eigenvalue weighted by molar-refractivity contribution is -0.163. The lowest BCUT2D eigenvalue weighted by Crippen LogP contribution is -2.48. The molecule has 1 unspecified atom stereocenters. The van der Waals surface area contributed by atoms with Crippen molar-refractivity contribution < 1.29 is 18.0 Å². The van der Waals surface area contributed by atoms with Gasteiger partial charge in [0.05, 0.1) is 5.39 Å². The average molecular weight is 356 g/mol. The number of hydrogen-bond donors (Lipinski definition) is 2. The number of hydrogen-bond acceptors (Lipinski definition) is 5. The molecule has 136 valence electrons. The van der Waals surface area contributed by atoms with Crippen LogP contribution in [-0.4, -0.2) is 58.2 Å². The molecule has 3 heterocycles. The number of fused-ring (bicyclic) bond motifs is 1. The van der Waals surface area contributed by atoms with Crippen LogP contribution in [0.4, 0.5) is 19.0 Å². The van der Waals surface area contributed by atoms with Crippen LogP contribution in [0.15, 0.2) is 18.6 Å². The van der Waals surface area contributed by atoms with E-state index in [0.29, 0.717) is 13.0 Å². The first-order valence-corrected chi connectivity index (χ1v) is 7.96. The maximum atomic E-state index is 12.4. The van der Waals surface area contributed by atoms with Crippen LogP contribution < -0.4 is 10.3 Å². The molecule has 25 heavy (non-hydrogen) atoms. The molecule has 1 aliphatic rings. The van der Waals surface area contributed by atoms with Crippen molar-refractivity contribution in [1.82, 2.24) is 25.4 Å². The Morgan fingerprint density at radius 1 is 1.44 bits per heavy atom. The van der Waals surface area contributed by atoms with E-state index in [2.05, 4.69) is 20.4 Å². The molecular weight excluding hydrogens is 337 g/mol. The van der Waals surface area contributed by atoms with Crippen molar-refractivity contribution in [2.45, 2.75) is 31.5 Å². The molecule has 1 fully saturated rings. The van der Waals surface area contributed by atoms with Gasteiger partial charge in [0, 0.05) is 32.4 Å². The van der Waals surface area contributed by atoms with Crippen LogP contribution in [0.5, 0.6) is 0 Å². The first kappa shape index (κ1) is 17.5. The molecule has 10 heteroatoms. The zero-order chi connectivity index (χ0) is 18.0. The second kappa shape index (κ2) is 6.87. The lowest BCUT2D eigenvalue weighted by atomic mass is 10.1. The number of nitrogens with one attached hydrogen (secondary N) is 2. The largest absolute Gasteiger partial charge is 0.397 e. The van der Waals surface area contributed by atoms with E-state index in [1.165, 1.54) is 6.33 Å². The number of hydrazine groups is 1. The zero-order valence-corrected chi connectivity index (χ0v) is 13.7. The Morgan fingerprint density at radius 3 is 3.00 bits per heavy atom. The van der Waals surface area contributed by atoms with Crippen molar-refractivity contribution in [3.8, 4) is 0 Å². The van der Waals surface area contributed by atoms with Gasteiger partial charge in [-0.3, -0.25) is 9.80 Å². The summed E-state index contributed by atoms with van der Waals surface area (Å²) in [6.45, 7) is 0.610. The van der Waals surface area contributed by atoms with E-state index in [-0.39, 0.29) is 12.6 Å². The molecule has 0 bridgehead atoms. The van der Waals surface area contributed by atoms with Crippen molar-refractivity contribution in [2.24, 2.45) is 0 Å². The summed E-state index contributed by atoms with van der Waals surface area (Å²) in [5.41, 5.74) is 3.56. The minimum atomic E-state index is -4.50. The van der Waals surface area contributed by atoms with Crippen LogP contribution in [0.1, 0.15) is 19.3 Å². The number of likely N-dealkylation sites (N-methyl/N-ethyl adjacent to an activating group) is 1. The fraction of sp³-hybridized carbons (Fsp3) is 0.533. The van der Waals surface area contributed by atoms with Gasteiger partial charge in [-0.1, -0.05) is 0 Å². The van der Waals surface area contributed by atoms with Crippen molar-refractivity contribution in [1.29, 1.82) is 0 Å². The fourth-order valence-corrected chi connectivity index (χ4v) is 3.00. The number of carbonyl (C=O) groups is 1. The first-order chi connectivity index (χ1) is 11.8. The number of halogens is 3. The summed E-state index contributed by atoms with van der Waals surface area (Å²) in [6, 6.07) is 1.88. The summed E-state index contributed by atoms with van der Waals surface area (Å²) in [6.07, 6.45) is -1.37. The van der Waals surface area contributed by atoms with Crippen molar-refractivity contribution in [2.75, 3.05) is 25.0 Å². The van der Waals surface area contributed by atoms with E-state index in [9.17, 15) is 18.0 Å². The van der Waals surface area contributed by atoms with Crippen LogP contribution in [0.25, 0.3) is 11.0 Å². The summed E-state index contributed by atoms with van der Waals surface area (Å²) < 4.78 is 37.2. The molecule has 0 saturated carbocycles. The number of amides is 1. The van der Waals surface area contributed by atoms with Gasteiger partial charge < -0.3 is 9.88 Å². The molecule has 1 saturated heterocycles. The van der Waals surface area contributed by atoms with Crippen molar-refractivity contribution in [3.63, 3.8) is 0 Å². The van der Waals surface area contributed by atoms with E-state index in [0.717, 1.165) is 28.3 Å². The predicted molar refractivity (Wildman–Crippen MR) is 85.7 cm³/mol. The highest BCUT2D eigenvalue weighted by molar-refractivity contribution is 5.87. The molecule has 0 aromatic carbocycles. The third-order valence-corrected chi connectivity index (χ3v) is 4.30. The quantitative estimate of drug-likeness (QED) is 0.878. The summed E-state index contributed by atoms with van der Waals surface area (Å²) in [4.78, 5) is 25.2. The Bertz CT molecular complexity index is 746. The number of rotatable bonds is 3. The highest BCUT2D eigenvalue weighted by atomic mass is 19.4. The van der Waals surface area contributed by atoms with Gasteiger partial charge in [-0.2, -0.15) is 13.2 Å². The Labute approximate surface area is 142 Å². The summed E-state index contributed by atoms with van der Waals surface area (Å²) >= 11 is 0. The second-order valence-electron chi connectivity index (χ2n) is 6.04. The Morgan fingerprint density at radius 2 is 2.24 bits per heavy atom. The number of aromatic nitrogens is 3. The Balaban J connectivity index is 1.68. The van der Waals surface area contributed by atoms with Gasteiger partial charge in [-0.25, -0.2) is 15.4 Å². The van der Waals surface area contributed by atoms with Crippen molar-refractivity contribution in [3.05, 3.63) is 18.6 Å². The summed E-state index contributed by atoms with van der Waals surface area (Å²) in [5, 5.41) is 1.95. The SMILES string of the molecule is CN(c1ncnc2[nH]ccc12)C1CCCN(C(=O)CC(F)(F)F)NC1. The maximum absolute atomic E-state index is 12.4. The predicted octanol–water partition coefficient (Wildman–Crippen LogP) is 1.84. The molecular formula is C15H19F3N6O. The molecule has 3 rings (SSSR count). The molecule has 0 aliphatic carbocycles. The third kappa shape index (κ3) is 4.01. The van der Waals surface area contributed by atoms with Gasteiger partial charge in [-0.05, 0) is 18.9 Å². The average Bonchev–Trinajstić information content (AvgIpc) is 2.88. The molecule has 2 aromatic rings. The van der Waals surface area contributed by atoms with Gasteiger partial charge in [0.25, 0.3) is 0 Å². The highest BCUT2D eigenvalue weighted by Gasteiger charge is 2.34. The molecule has 7 nitrogen and oxygen atoms in total. The number of anilines is 1. The molecule has 0 spiro atoms. The molecule has 1 atom stereocenters. The van der Waals surface area contributed by atoms with E-state index in [1.807, 2.05) is 18.0 Å². The van der Waals surface area contributed by atoms with E-state index in [1.54, 1.807) is 6.20 Å². The minimum Gasteiger partial charge on any atom is -0.355 e. The molecule has 2 N–H and O–H groups in total. The molecule has 1 amide bonds. The first-order valence-electron chi connectivity index (χ1n) is 7.96. The standard InChI is InChI=1S/C15H19F3N6O/c1-23(14-11-4-5-19-13(11)20-9-21-14)10-3-2-6-24(22-8-10)12(25)7-15(16,17)18/h4-5,9-10,22H,2-3,6-8H2,1H3,(H,19,20,21). The van der Waals surface area contributed by atoms with E-state index < -0.39 is 18.5 Å². The third-order valence-electron chi connectivity index (χ3n) is 4.30. The molecule has 2 aromatic heterocycles. The van der Waals surface area contributed by atoms with Gasteiger partial charge in [0.1, 0.15) is 24.2 Å². The number of carbonyl (C=O) groups excluding carboxylic acids is 1. The van der Waals surface area contributed by atoms with Gasteiger partial charge in [-0.15, -0.1) is 0 Å². The van der Waals surface area contributed by atoms with Crippen LogP contribution in [0.3, 0.4) is 0 Å². The van der Waals surface area contributed by atoms with Gasteiger partial charge in [0.2, 0.25) is 5.91 Å². The minimum absolute atomic E-state index is 0.00307. The maximum Gasteiger partial charge on any atom is 0.397 e. The monoisotopic (exact) mass is 356 g/mol. The number of H-pyrrole nitrogens is 1. The summed E-state index contributed by atoms with van der Waals surface area (Å²) in [5.74, 6) is -0.209. The number of alkyl halides is 3. The Hall–Kier alpha value is -2.36. The van der Waals surface area contributed by atoms with Crippen LogP contribution in [-0.2, 0) is 4.79 Å².